The predicted octanol–water partition coefficient (Wildman–Crippen LogP) is 3.09. The van der Waals surface area contributed by atoms with Crippen LogP contribution in [0.25, 0.3) is 0 Å². The van der Waals surface area contributed by atoms with E-state index in [1.54, 1.807) is 18.5 Å². The van der Waals surface area contributed by atoms with Crippen LogP contribution in [0.1, 0.15) is 18.0 Å². The van der Waals surface area contributed by atoms with Crippen LogP contribution in [-0.4, -0.2) is 20.9 Å². The van der Waals surface area contributed by atoms with Gasteiger partial charge in [0.1, 0.15) is 16.6 Å². The van der Waals surface area contributed by atoms with Crippen molar-refractivity contribution < 1.29 is 13.2 Å². The number of nitrogens with one attached hydrogen (secondary N) is 1. The molecule has 10 heteroatoms. The maximum atomic E-state index is 12.3. The van der Waals surface area contributed by atoms with Gasteiger partial charge in [-0.3, -0.25) is 4.79 Å². The molecule has 0 radical (unpaired) electrons. The second-order valence-electron chi connectivity index (χ2n) is 4.19. The fraction of sp³-hybridized carbons (Fsp3) is 0.364. The van der Waals surface area contributed by atoms with Crippen molar-refractivity contribution in [3.63, 3.8) is 0 Å². The number of rotatable bonds is 4. The Morgan fingerprint density at radius 1 is 1.52 bits per heavy atom. The molecule has 1 unspecified atom stereocenters. The minimum Gasteiger partial charge on any atom is -0.373 e. The van der Waals surface area contributed by atoms with Crippen molar-refractivity contribution in [2.75, 3.05) is 5.32 Å². The zero-order chi connectivity index (χ0) is 15.6. The zero-order valence-corrected chi connectivity index (χ0v) is 12.3. The van der Waals surface area contributed by atoms with Gasteiger partial charge in [-0.25, -0.2) is 9.67 Å². The van der Waals surface area contributed by atoms with E-state index in [4.69, 9.17) is 11.6 Å². The van der Waals surface area contributed by atoms with Gasteiger partial charge in [0.15, 0.2) is 0 Å². The molecule has 1 atom stereocenters. The highest BCUT2D eigenvalue weighted by Gasteiger charge is 2.29. The predicted molar refractivity (Wildman–Crippen MR) is 73.7 cm³/mol. The van der Waals surface area contributed by atoms with Gasteiger partial charge < -0.3 is 5.32 Å². The normalized spacial score (nSPS) is 13.2. The first kappa shape index (κ1) is 15.8. The average Bonchev–Trinajstić information content (AvgIpc) is 2.91. The third-order valence-electron chi connectivity index (χ3n) is 2.51. The van der Waals surface area contributed by atoms with Crippen molar-refractivity contribution in [3.8, 4) is 0 Å². The summed E-state index contributed by atoms with van der Waals surface area (Å²) in [6.07, 6.45) is -1.82. The molecule has 0 aliphatic rings. The molecule has 0 saturated heterocycles. The third-order valence-corrected chi connectivity index (χ3v) is 3.83. The van der Waals surface area contributed by atoms with Crippen molar-refractivity contribution in [3.05, 3.63) is 38.2 Å². The van der Waals surface area contributed by atoms with Gasteiger partial charge in [-0.15, -0.1) is 11.3 Å². The molecule has 0 aromatic carbocycles. The molecule has 114 valence electrons. The van der Waals surface area contributed by atoms with Crippen molar-refractivity contribution in [1.29, 1.82) is 0 Å². The van der Waals surface area contributed by atoms with Crippen LogP contribution in [0.5, 0.6) is 0 Å². The second kappa shape index (κ2) is 6.02. The topological polar surface area (TPSA) is 59.8 Å². The van der Waals surface area contributed by atoms with E-state index >= 15 is 0 Å². The smallest absolute Gasteiger partial charge is 0.373 e. The lowest BCUT2D eigenvalue weighted by Gasteiger charge is -2.15. The van der Waals surface area contributed by atoms with Crippen LogP contribution in [0, 0.1) is 0 Å². The van der Waals surface area contributed by atoms with E-state index in [9.17, 15) is 18.0 Å². The average molecular weight is 339 g/mol. The van der Waals surface area contributed by atoms with E-state index < -0.39 is 18.3 Å². The highest BCUT2D eigenvalue weighted by Crippen LogP contribution is 2.24. The van der Waals surface area contributed by atoms with E-state index in [1.165, 1.54) is 11.3 Å². The molecule has 0 aliphatic carbocycles. The van der Waals surface area contributed by atoms with Gasteiger partial charge in [0, 0.05) is 11.6 Å². The molecule has 0 bridgehead atoms. The molecule has 2 rings (SSSR count). The number of alkyl halides is 3. The van der Waals surface area contributed by atoms with Gasteiger partial charge in [-0.05, 0) is 6.92 Å². The van der Waals surface area contributed by atoms with Crippen LogP contribution in [0.15, 0.2) is 22.6 Å². The van der Waals surface area contributed by atoms with Crippen molar-refractivity contribution in [2.24, 2.45) is 0 Å². The summed E-state index contributed by atoms with van der Waals surface area (Å²) in [5.74, 6) is 0. The van der Waals surface area contributed by atoms with Crippen molar-refractivity contribution >= 4 is 28.6 Å². The Kier molecular flexibility index (Phi) is 4.52. The second-order valence-corrected chi connectivity index (χ2v) is 5.49. The van der Waals surface area contributed by atoms with E-state index in [2.05, 4.69) is 15.4 Å². The Hall–Kier alpha value is -1.61. The molecule has 0 saturated carbocycles. The molecule has 0 spiro atoms. The monoisotopic (exact) mass is 338 g/mol. The molecule has 1 N–H and O–H groups in total. The summed E-state index contributed by atoms with van der Waals surface area (Å²) in [7, 11) is 0. The van der Waals surface area contributed by atoms with E-state index in [-0.39, 0.29) is 21.4 Å². The first-order chi connectivity index (χ1) is 9.78. The lowest BCUT2D eigenvalue weighted by Crippen LogP contribution is -2.31. The van der Waals surface area contributed by atoms with Crippen LogP contribution < -0.4 is 10.9 Å². The maximum Gasteiger partial charge on any atom is 0.408 e. The minimum absolute atomic E-state index is 0.169. The molecule has 0 fully saturated rings. The Morgan fingerprint density at radius 3 is 2.81 bits per heavy atom. The van der Waals surface area contributed by atoms with Gasteiger partial charge in [0.05, 0.1) is 17.9 Å². The van der Waals surface area contributed by atoms with Crippen LogP contribution in [0.4, 0.5) is 18.9 Å². The first-order valence-corrected chi connectivity index (χ1v) is 7.02. The van der Waals surface area contributed by atoms with Gasteiger partial charge in [-0.1, -0.05) is 11.6 Å². The van der Waals surface area contributed by atoms with Crippen LogP contribution in [0.3, 0.4) is 0 Å². The molecule has 2 heterocycles. The number of hydrogen-bond donors (Lipinski definition) is 1. The number of nitrogens with zero attached hydrogens (tertiary/aromatic N) is 3. The summed E-state index contributed by atoms with van der Waals surface area (Å²) < 4.78 is 37.1. The van der Waals surface area contributed by atoms with Crippen molar-refractivity contribution in [2.45, 2.75) is 25.7 Å². The van der Waals surface area contributed by atoms with E-state index in [0.717, 1.165) is 11.2 Å². The fourth-order valence-electron chi connectivity index (χ4n) is 1.59. The molecule has 2 aromatic rings. The number of halogens is 4. The Balaban J connectivity index is 2.23. The Morgan fingerprint density at radius 2 is 2.24 bits per heavy atom. The SMILES string of the molecule is CC(Nc1cnn(CC(F)(F)F)c(=O)c1Cl)c1nccs1. The lowest BCUT2D eigenvalue weighted by atomic mass is 10.3. The zero-order valence-electron chi connectivity index (χ0n) is 10.7. The molecule has 0 amide bonds. The highest BCUT2D eigenvalue weighted by molar-refractivity contribution is 7.09. The molecular weight excluding hydrogens is 329 g/mol. The summed E-state index contributed by atoms with van der Waals surface area (Å²) in [6.45, 7) is 0.310. The van der Waals surface area contributed by atoms with Crippen LogP contribution >= 0.6 is 22.9 Å². The quantitative estimate of drug-likeness (QED) is 0.930. The highest BCUT2D eigenvalue weighted by atomic mass is 35.5. The fourth-order valence-corrected chi connectivity index (χ4v) is 2.44. The van der Waals surface area contributed by atoms with Gasteiger partial charge in [0.2, 0.25) is 0 Å². The number of hydrogen-bond acceptors (Lipinski definition) is 5. The Labute approximate surface area is 126 Å². The van der Waals surface area contributed by atoms with Gasteiger partial charge in [0.25, 0.3) is 5.56 Å². The first-order valence-electron chi connectivity index (χ1n) is 5.76. The van der Waals surface area contributed by atoms with Gasteiger partial charge >= 0.3 is 6.18 Å². The Bertz CT molecular complexity index is 671. The molecular formula is C11H10ClF3N4OS. The van der Waals surface area contributed by atoms with E-state index in [1.807, 2.05) is 0 Å². The summed E-state index contributed by atoms with van der Waals surface area (Å²) in [6, 6.07) is -0.248. The van der Waals surface area contributed by atoms with Crippen molar-refractivity contribution in [1.82, 2.24) is 14.8 Å². The van der Waals surface area contributed by atoms with Gasteiger partial charge in [-0.2, -0.15) is 18.3 Å². The van der Waals surface area contributed by atoms with Crippen LogP contribution in [0.2, 0.25) is 5.02 Å². The molecule has 5 nitrogen and oxygen atoms in total. The summed E-state index contributed by atoms with van der Waals surface area (Å²) in [5.41, 5.74) is -0.826. The third kappa shape index (κ3) is 3.94. The number of thiazole rings is 1. The summed E-state index contributed by atoms with van der Waals surface area (Å²) in [5, 5.41) is 8.59. The summed E-state index contributed by atoms with van der Waals surface area (Å²) in [4.78, 5) is 15.8. The summed E-state index contributed by atoms with van der Waals surface area (Å²) >= 11 is 7.21. The standard InChI is InChI=1S/C11H10ClF3N4OS/c1-6(9-16-2-3-21-9)18-7-4-17-19(5-11(13,14)15)10(20)8(7)12/h2-4,6,18H,5H2,1H3. The van der Waals surface area contributed by atoms with Crippen LogP contribution in [-0.2, 0) is 6.54 Å². The molecule has 2 aromatic heterocycles. The largest absolute Gasteiger partial charge is 0.408 e. The molecule has 21 heavy (non-hydrogen) atoms. The van der Waals surface area contributed by atoms with E-state index in [0.29, 0.717) is 0 Å². The number of aromatic nitrogens is 3. The number of anilines is 1. The lowest BCUT2D eigenvalue weighted by molar-refractivity contribution is -0.143. The molecule has 0 aliphatic heterocycles. The maximum absolute atomic E-state index is 12.3. The minimum atomic E-state index is -4.54.